The lowest BCUT2D eigenvalue weighted by Gasteiger charge is -2.34. The molecule has 1 saturated carbocycles. The molecule has 1 fully saturated rings. The molecule has 6 heteroatoms. The summed E-state index contributed by atoms with van der Waals surface area (Å²) in [5.41, 5.74) is 1.53. The van der Waals surface area contributed by atoms with Crippen LogP contribution in [-0.2, 0) is 0 Å². The van der Waals surface area contributed by atoms with Crippen molar-refractivity contribution in [2.45, 2.75) is 39.2 Å². The van der Waals surface area contributed by atoms with Crippen LogP contribution in [0.2, 0.25) is 0 Å². The highest BCUT2D eigenvalue weighted by molar-refractivity contribution is 5.79. The van der Waals surface area contributed by atoms with Gasteiger partial charge in [-0.2, -0.15) is 0 Å². The zero-order chi connectivity index (χ0) is 15.0. The number of H-pyrrole nitrogens is 1. The maximum atomic E-state index is 10.8. The fourth-order valence-electron chi connectivity index (χ4n) is 3.14. The molecule has 1 aliphatic carbocycles. The summed E-state index contributed by atoms with van der Waals surface area (Å²) in [6, 6.07) is 5.10. The predicted octanol–water partition coefficient (Wildman–Crippen LogP) is 3.71. The summed E-state index contributed by atoms with van der Waals surface area (Å²) in [5, 5.41) is 14.3. The summed E-state index contributed by atoms with van der Waals surface area (Å²) >= 11 is 0. The summed E-state index contributed by atoms with van der Waals surface area (Å²) in [6.07, 6.45) is 3.66. The van der Waals surface area contributed by atoms with E-state index in [2.05, 4.69) is 29.1 Å². The maximum Gasteiger partial charge on any atom is 0.271 e. The second kappa shape index (κ2) is 5.35. The lowest BCUT2D eigenvalue weighted by molar-refractivity contribution is -0.384. The molecule has 0 radical (unpaired) electrons. The smallest absolute Gasteiger partial charge is 0.271 e. The molecule has 3 unspecified atom stereocenters. The van der Waals surface area contributed by atoms with E-state index in [0.29, 0.717) is 29.3 Å². The van der Waals surface area contributed by atoms with Crippen LogP contribution in [0.15, 0.2) is 18.2 Å². The number of aromatic amines is 1. The fraction of sp³-hybridized carbons (Fsp3) is 0.533. The van der Waals surface area contributed by atoms with Crippen LogP contribution in [-0.4, -0.2) is 20.9 Å². The molecule has 1 aliphatic rings. The van der Waals surface area contributed by atoms with Crippen molar-refractivity contribution in [3.05, 3.63) is 28.3 Å². The van der Waals surface area contributed by atoms with Crippen LogP contribution < -0.4 is 5.32 Å². The molecule has 112 valence electrons. The van der Waals surface area contributed by atoms with Crippen molar-refractivity contribution in [1.82, 2.24) is 9.97 Å². The standard InChI is InChI=1S/C15H20N4O2/c1-9-4-3-5-12(10(9)2)16-15-17-13-7-6-11(19(20)21)8-14(13)18-15/h6-10,12H,3-5H2,1-2H3,(H2,16,17,18). The summed E-state index contributed by atoms with van der Waals surface area (Å²) < 4.78 is 0. The van der Waals surface area contributed by atoms with E-state index in [1.165, 1.54) is 25.0 Å². The van der Waals surface area contributed by atoms with Gasteiger partial charge in [0.2, 0.25) is 5.95 Å². The minimum Gasteiger partial charge on any atom is -0.353 e. The molecule has 2 aromatic rings. The van der Waals surface area contributed by atoms with E-state index >= 15 is 0 Å². The summed E-state index contributed by atoms with van der Waals surface area (Å²) in [6.45, 7) is 4.56. The number of anilines is 1. The van der Waals surface area contributed by atoms with Crippen molar-refractivity contribution in [1.29, 1.82) is 0 Å². The second-order valence-corrected chi connectivity index (χ2v) is 6.06. The van der Waals surface area contributed by atoms with E-state index < -0.39 is 4.92 Å². The number of fused-ring (bicyclic) bond motifs is 1. The molecular weight excluding hydrogens is 268 g/mol. The Morgan fingerprint density at radius 3 is 2.95 bits per heavy atom. The Labute approximate surface area is 123 Å². The van der Waals surface area contributed by atoms with Gasteiger partial charge in [0.1, 0.15) is 0 Å². The molecule has 1 aromatic carbocycles. The molecule has 2 N–H and O–H groups in total. The first-order chi connectivity index (χ1) is 10.0. The van der Waals surface area contributed by atoms with E-state index in [1.54, 1.807) is 6.07 Å². The normalized spacial score (nSPS) is 25.9. The number of benzene rings is 1. The van der Waals surface area contributed by atoms with E-state index in [9.17, 15) is 10.1 Å². The topological polar surface area (TPSA) is 83.8 Å². The van der Waals surface area contributed by atoms with E-state index in [1.807, 2.05) is 0 Å². The van der Waals surface area contributed by atoms with Gasteiger partial charge in [0.05, 0.1) is 16.0 Å². The number of rotatable bonds is 3. The van der Waals surface area contributed by atoms with E-state index in [4.69, 9.17) is 0 Å². The van der Waals surface area contributed by atoms with Crippen LogP contribution in [0.4, 0.5) is 11.6 Å². The minimum absolute atomic E-state index is 0.0809. The molecule has 3 atom stereocenters. The number of hydrogen-bond acceptors (Lipinski definition) is 4. The van der Waals surface area contributed by atoms with Gasteiger partial charge in [0.15, 0.2) is 0 Å². The summed E-state index contributed by atoms with van der Waals surface area (Å²) in [5.74, 6) is 2.01. The monoisotopic (exact) mass is 288 g/mol. The van der Waals surface area contributed by atoms with Crippen LogP contribution >= 0.6 is 0 Å². The molecule has 1 heterocycles. The van der Waals surface area contributed by atoms with Gasteiger partial charge in [0.25, 0.3) is 5.69 Å². The van der Waals surface area contributed by atoms with E-state index in [-0.39, 0.29) is 5.69 Å². The summed E-state index contributed by atoms with van der Waals surface area (Å²) in [7, 11) is 0. The van der Waals surface area contributed by atoms with E-state index in [0.717, 1.165) is 11.9 Å². The van der Waals surface area contributed by atoms with Crippen LogP contribution in [0.3, 0.4) is 0 Å². The van der Waals surface area contributed by atoms with Gasteiger partial charge >= 0.3 is 0 Å². The Balaban J connectivity index is 1.82. The molecular formula is C15H20N4O2. The third-order valence-electron chi connectivity index (χ3n) is 4.71. The molecule has 0 bridgehead atoms. The van der Waals surface area contributed by atoms with Gasteiger partial charge in [-0.25, -0.2) is 4.98 Å². The Kier molecular flexibility index (Phi) is 3.53. The lowest BCUT2D eigenvalue weighted by atomic mass is 9.78. The molecule has 0 saturated heterocycles. The van der Waals surface area contributed by atoms with Crippen molar-refractivity contribution in [2.24, 2.45) is 11.8 Å². The van der Waals surface area contributed by atoms with Crippen molar-refractivity contribution in [3.8, 4) is 0 Å². The average Bonchev–Trinajstić information content (AvgIpc) is 2.85. The second-order valence-electron chi connectivity index (χ2n) is 6.06. The Morgan fingerprint density at radius 1 is 1.38 bits per heavy atom. The zero-order valence-electron chi connectivity index (χ0n) is 12.3. The number of non-ortho nitro benzene ring substituents is 1. The van der Waals surface area contributed by atoms with Gasteiger partial charge < -0.3 is 10.3 Å². The van der Waals surface area contributed by atoms with Crippen molar-refractivity contribution < 1.29 is 4.92 Å². The van der Waals surface area contributed by atoms with Gasteiger partial charge in [-0.1, -0.05) is 26.7 Å². The van der Waals surface area contributed by atoms with Crippen LogP contribution in [0.1, 0.15) is 33.1 Å². The minimum atomic E-state index is -0.391. The summed E-state index contributed by atoms with van der Waals surface area (Å²) in [4.78, 5) is 18.0. The van der Waals surface area contributed by atoms with Crippen molar-refractivity contribution in [3.63, 3.8) is 0 Å². The SMILES string of the molecule is CC1CCCC(Nc2nc3ccc([N+](=O)[O-])cc3[nH]2)C1C. The number of nitro groups is 1. The molecule has 6 nitrogen and oxygen atoms in total. The molecule has 0 aliphatic heterocycles. The van der Waals surface area contributed by atoms with Gasteiger partial charge in [-0.15, -0.1) is 0 Å². The van der Waals surface area contributed by atoms with Gasteiger partial charge in [0, 0.05) is 18.2 Å². The molecule has 3 rings (SSSR count). The third-order valence-corrected chi connectivity index (χ3v) is 4.71. The number of nitrogens with one attached hydrogen (secondary N) is 2. The van der Waals surface area contributed by atoms with Crippen molar-refractivity contribution >= 4 is 22.7 Å². The van der Waals surface area contributed by atoms with Crippen molar-refractivity contribution in [2.75, 3.05) is 5.32 Å². The molecule has 1 aromatic heterocycles. The predicted molar refractivity (Wildman–Crippen MR) is 82.3 cm³/mol. The van der Waals surface area contributed by atoms with Crippen LogP contribution in [0.5, 0.6) is 0 Å². The van der Waals surface area contributed by atoms with Crippen LogP contribution in [0, 0.1) is 22.0 Å². The quantitative estimate of drug-likeness (QED) is 0.666. The van der Waals surface area contributed by atoms with Gasteiger partial charge in [-0.05, 0) is 24.3 Å². The Hall–Kier alpha value is -2.11. The van der Waals surface area contributed by atoms with Crippen LogP contribution in [0.25, 0.3) is 11.0 Å². The highest BCUT2D eigenvalue weighted by Gasteiger charge is 2.27. The molecule has 0 amide bonds. The Morgan fingerprint density at radius 2 is 2.19 bits per heavy atom. The largest absolute Gasteiger partial charge is 0.353 e. The highest BCUT2D eigenvalue weighted by Crippen LogP contribution is 2.31. The van der Waals surface area contributed by atoms with Gasteiger partial charge in [-0.3, -0.25) is 10.1 Å². The third kappa shape index (κ3) is 2.70. The molecule has 0 spiro atoms. The first-order valence-corrected chi connectivity index (χ1v) is 7.45. The molecule has 21 heavy (non-hydrogen) atoms. The first kappa shape index (κ1) is 13.9. The number of hydrogen-bond donors (Lipinski definition) is 2. The zero-order valence-corrected chi connectivity index (χ0v) is 12.3. The number of nitro benzene ring substituents is 1. The number of imidazole rings is 1. The fourth-order valence-corrected chi connectivity index (χ4v) is 3.14. The number of nitrogens with zero attached hydrogens (tertiary/aromatic N) is 2. The maximum absolute atomic E-state index is 10.8. The average molecular weight is 288 g/mol. The highest BCUT2D eigenvalue weighted by atomic mass is 16.6. The first-order valence-electron chi connectivity index (χ1n) is 7.45. The number of aromatic nitrogens is 2. The Bertz CT molecular complexity index is 667. The lowest BCUT2D eigenvalue weighted by Crippen LogP contribution is -2.35.